The maximum atomic E-state index is 9.15. The van der Waals surface area contributed by atoms with Crippen molar-refractivity contribution in [2.24, 2.45) is 0 Å². The fourth-order valence-electron chi connectivity index (χ4n) is 1.52. The summed E-state index contributed by atoms with van der Waals surface area (Å²) in [7, 11) is 0. The predicted octanol–water partition coefficient (Wildman–Crippen LogP) is 0.173. The van der Waals surface area contributed by atoms with Crippen molar-refractivity contribution in [1.29, 1.82) is 0 Å². The highest BCUT2D eigenvalue weighted by molar-refractivity contribution is 4.93. The van der Waals surface area contributed by atoms with Crippen molar-refractivity contribution in [3.63, 3.8) is 0 Å². The highest BCUT2D eigenvalue weighted by Crippen LogP contribution is 2.31. The van der Waals surface area contributed by atoms with Gasteiger partial charge in [-0.1, -0.05) is 0 Å². The van der Waals surface area contributed by atoms with Gasteiger partial charge in [0, 0.05) is 12.6 Å². The Hall–Kier alpha value is -0.0800. The molecule has 2 rings (SSSR count). The minimum Gasteiger partial charge on any atom is -0.378 e. The Labute approximate surface area is 49.1 Å². The van der Waals surface area contributed by atoms with E-state index in [0.29, 0.717) is 0 Å². The van der Waals surface area contributed by atoms with Crippen LogP contribution >= 0.6 is 0 Å². The van der Waals surface area contributed by atoms with E-state index in [1.54, 1.807) is 0 Å². The zero-order valence-corrected chi connectivity index (χ0v) is 4.88. The molecule has 2 fully saturated rings. The molecule has 0 radical (unpaired) electrons. The highest BCUT2D eigenvalue weighted by Gasteiger charge is 2.41. The maximum Gasteiger partial charge on any atom is 0.107 e. The van der Waals surface area contributed by atoms with Crippen molar-refractivity contribution in [3.05, 3.63) is 0 Å². The van der Waals surface area contributed by atoms with Crippen molar-refractivity contribution in [2.45, 2.75) is 31.5 Å². The number of nitrogens with zero attached hydrogens (tertiary/aromatic N) is 1. The van der Waals surface area contributed by atoms with Gasteiger partial charge in [-0.2, -0.15) is 0 Å². The molecule has 46 valence electrons. The van der Waals surface area contributed by atoms with Crippen molar-refractivity contribution in [1.82, 2.24) is 4.90 Å². The number of aliphatic hydroxyl groups is 1. The largest absolute Gasteiger partial charge is 0.378 e. The SMILES string of the molecule is OC1CCCC2CN12. The zero-order chi connectivity index (χ0) is 5.56. The first kappa shape index (κ1) is 4.77. The average Bonchev–Trinajstić information content (AvgIpc) is 2.45. The van der Waals surface area contributed by atoms with Gasteiger partial charge in [0.25, 0.3) is 0 Å². The first-order valence-electron chi connectivity index (χ1n) is 3.32. The molecule has 0 amide bonds. The minimum absolute atomic E-state index is 0.0891. The summed E-state index contributed by atoms with van der Waals surface area (Å²) in [5.41, 5.74) is 0. The van der Waals surface area contributed by atoms with E-state index in [2.05, 4.69) is 4.90 Å². The van der Waals surface area contributed by atoms with Gasteiger partial charge in [0.15, 0.2) is 0 Å². The molecule has 1 N–H and O–H groups in total. The molecule has 2 aliphatic rings. The van der Waals surface area contributed by atoms with Crippen molar-refractivity contribution >= 4 is 0 Å². The van der Waals surface area contributed by atoms with E-state index >= 15 is 0 Å². The monoisotopic (exact) mass is 113 g/mol. The summed E-state index contributed by atoms with van der Waals surface area (Å²) in [6, 6.07) is 0.763. The van der Waals surface area contributed by atoms with Crippen molar-refractivity contribution in [2.75, 3.05) is 6.54 Å². The van der Waals surface area contributed by atoms with Crippen molar-refractivity contribution < 1.29 is 5.11 Å². The van der Waals surface area contributed by atoms with Crippen LogP contribution in [0.25, 0.3) is 0 Å². The molecule has 3 atom stereocenters. The lowest BCUT2D eigenvalue weighted by atomic mass is 10.1. The number of fused-ring (bicyclic) bond motifs is 1. The molecular weight excluding hydrogens is 102 g/mol. The number of aliphatic hydroxyl groups excluding tert-OH is 1. The number of rotatable bonds is 0. The van der Waals surface area contributed by atoms with Crippen LogP contribution in [-0.4, -0.2) is 28.8 Å². The quantitative estimate of drug-likeness (QED) is 0.453. The third-order valence-corrected chi connectivity index (χ3v) is 2.14. The molecule has 2 nitrogen and oxygen atoms in total. The molecule has 2 heteroatoms. The summed E-state index contributed by atoms with van der Waals surface area (Å²) in [4.78, 5) is 2.16. The Bertz CT molecular complexity index is 105. The topological polar surface area (TPSA) is 23.2 Å². The van der Waals surface area contributed by atoms with Crippen LogP contribution in [0.3, 0.4) is 0 Å². The Kier molecular flexibility index (Phi) is 0.866. The third-order valence-electron chi connectivity index (χ3n) is 2.14. The molecule has 2 heterocycles. The third kappa shape index (κ3) is 0.565. The molecule has 0 aromatic carbocycles. The predicted molar refractivity (Wildman–Crippen MR) is 30.4 cm³/mol. The molecule has 0 bridgehead atoms. The molecule has 0 spiro atoms. The van der Waals surface area contributed by atoms with Gasteiger partial charge in [0.2, 0.25) is 0 Å². The molecule has 3 unspecified atom stereocenters. The highest BCUT2D eigenvalue weighted by atomic mass is 16.3. The standard InChI is InChI=1S/C6H11NO/c8-6-3-1-2-5-4-7(5)6/h5-6,8H,1-4H2. The van der Waals surface area contributed by atoms with Gasteiger partial charge in [-0.15, -0.1) is 0 Å². The van der Waals surface area contributed by atoms with E-state index in [0.717, 1.165) is 19.0 Å². The van der Waals surface area contributed by atoms with Gasteiger partial charge >= 0.3 is 0 Å². The molecule has 2 aliphatic heterocycles. The van der Waals surface area contributed by atoms with Crippen LogP contribution in [0.15, 0.2) is 0 Å². The summed E-state index contributed by atoms with van der Waals surface area (Å²) in [6.07, 6.45) is 3.45. The summed E-state index contributed by atoms with van der Waals surface area (Å²) < 4.78 is 0. The molecule has 0 saturated carbocycles. The summed E-state index contributed by atoms with van der Waals surface area (Å²) in [5, 5.41) is 9.15. The molecule has 8 heavy (non-hydrogen) atoms. The van der Waals surface area contributed by atoms with Crippen LogP contribution in [0, 0.1) is 0 Å². The van der Waals surface area contributed by atoms with Gasteiger partial charge in [-0.05, 0) is 19.3 Å². The Morgan fingerprint density at radius 2 is 2.25 bits per heavy atom. The van der Waals surface area contributed by atoms with Gasteiger partial charge < -0.3 is 5.11 Å². The molecular formula is C6H11NO. The summed E-state index contributed by atoms with van der Waals surface area (Å²) in [6.45, 7) is 1.15. The lowest BCUT2D eigenvalue weighted by Gasteiger charge is -2.16. The fraction of sp³-hybridized carbons (Fsp3) is 1.00. The van der Waals surface area contributed by atoms with Crippen LogP contribution in [-0.2, 0) is 0 Å². The second-order valence-electron chi connectivity index (χ2n) is 2.76. The maximum absolute atomic E-state index is 9.15. The first-order valence-corrected chi connectivity index (χ1v) is 3.32. The number of hydrogen-bond acceptors (Lipinski definition) is 2. The molecule has 0 aromatic heterocycles. The second kappa shape index (κ2) is 1.45. The van der Waals surface area contributed by atoms with Crippen molar-refractivity contribution in [3.8, 4) is 0 Å². The van der Waals surface area contributed by atoms with Crippen LogP contribution in [0.1, 0.15) is 19.3 Å². The van der Waals surface area contributed by atoms with E-state index in [1.807, 2.05) is 0 Å². The first-order chi connectivity index (χ1) is 3.88. The van der Waals surface area contributed by atoms with E-state index in [-0.39, 0.29) is 6.23 Å². The zero-order valence-electron chi connectivity index (χ0n) is 4.88. The van der Waals surface area contributed by atoms with Crippen LogP contribution in [0.5, 0.6) is 0 Å². The fourth-order valence-corrected chi connectivity index (χ4v) is 1.52. The Balaban J connectivity index is 1.99. The number of piperidine rings is 1. The van der Waals surface area contributed by atoms with Crippen LogP contribution in [0.4, 0.5) is 0 Å². The Morgan fingerprint density at radius 3 is 2.88 bits per heavy atom. The van der Waals surface area contributed by atoms with Gasteiger partial charge in [0.1, 0.15) is 6.23 Å². The molecule has 2 saturated heterocycles. The van der Waals surface area contributed by atoms with E-state index in [9.17, 15) is 0 Å². The summed E-state index contributed by atoms with van der Waals surface area (Å²) in [5.74, 6) is 0. The smallest absolute Gasteiger partial charge is 0.107 e. The molecule has 0 aromatic rings. The lowest BCUT2D eigenvalue weighted by Crippen LogP contribution is -2.23. The van der Waals surface area contributed by atoms with E-state index in [1.165, 1.54) is 12.8 Å². The van der Waals surface area contributed by atoms with Crippen LogP contribution < -0.4 is 0 Å². The average molecular weight is 113 g/mol. The van der Waals surface area contributed by atoms with Gasteiger partial charge in [-0.3, -0.25) is 4.90 Å². The summed E-state index contributed by atoms with van der Waals surface area (Å²) >= 11 is 0. The number of hydrogen-bond donors (Lipinski definition) is 1. The second-order valence-corrected chi connectivity index (χ2v) is 2.76. The van der Waals surface area contributed by atoms with Crippen LogP contribution in [0.2, 0.25) is 0 Å². The van der Waals surface area contributed by atoms with E-state index < -0.39 is 0 Å². The van der Waals surface area contributed by atoms with Gasteiger partial charge in [0.05, 0.1) is 0 Å². The minimum atomic E-state index is -0.0891. The molecule has 0 aliphatic carbocycles. The normalized spacial score (nSPS) is 52.9. The Morgan fingerprint density at radius 1 is 1.38 bits per heavy atom. The lowest BCUT2D eigenvalue weighted by molar-refractivity contribution is 0.0459. The van der Waals surface area contributed by atoms with Gasteiger partial charge in [-0.25, -0.2) is 0 Å². The van der Waals surface area contributed by atoms with E-state index in [4.69, 9.17) is 5.11 Å².